The molecule has 0 bridgehead atoms. The molecular weight excluding hydrogens is 255 g/mol. The van der Waals surface area contributed by atoms with Crippen molar-refractivity contribution in [3.8, 4) is 0 Å². The fourth-order valence-electron chi connectivity index (χ4n) is 1.49. The molecule has 1 rings (SSSR count). The van der Waals surface area contributed by atoms with Crippen LogP contribution < -0.4 is 10.6 Å². The van der Waals surface area contributed by atoms with E-state index in [2.05, 4.69) is 10.6 Å². The van der Waals surface area contributed by atoms with Gasteiger partial charge in [0.2, 0.25) is 5.91 Å². The highest BCUT2D eigenvalue weighted by molar-refractivity contribution is 8.00. The molecule has 100 valence electrons. The Morgan fingerprint density at radius 1 is 1.35 bits per heavy atom. The van der Waals surface area contributed by atoms with Gasteiger partial charge in [-0.2, -0.15) is 13.2 Å². The largest absolute Gasteiger partial charge is 0.441 e. The number of halogens is 3. The van der Waals surface area contributed by atoms with E-state index < -0.39 is 5.51 Å². The van der Waals surface area contributed by atoms with E-state index in [1.165, 1.54) is 0 Å². The van der Waals surface area contributed by atoms with Crippen LogP contribution in [0.1, 0.15) is 0 Å². The summed E-state index contributed by atoms with van der Waals surface area (Å²) >= 11 is -0.117. The average molecular weight is 271 g/mol. The van der Waals surface area contributed by atoms with E-state index in [0.29, 0.717) is 0 Å². The quantitative estimate of drug-likeness (QED) is 0.704. The molecule has 17 heavy (non-hydrogen) atoms. The van der Waals surface area contributed by atoms with Crippen molar-refractivity contribution in [3.63, 3.8) is 0 Å². The monoisotopic (exact) mass is 271 g/mol. The Kier molecular flexibility index (Phi) is 6.07. The number of rotatable bonds is 5. The van der Waals surface area contributed by atoms with Crippen molar-refractivity contribution >= 4 is 17.7 Å². The van der Waals surface area contributed by atoms with E-state index in [0.717, 1.165) is 26.2 Å². The van der Waals surface area contributed by atoms with Crippen LogP contribution in [0.25, 0.3) is 0 Å². The highest BCUT2D eigenvalue weighted by Crippen LogP contribution is 2.29. The van der Waals surface area contributed by atoms with Gasteiger partial charge in [0, 0.05) is 38.5 Å². The maximum atomic E-state index is 11.8. The number of thioether (sulfide) groups is 1. The first kappa shape index (κ1) is 14.6. The van der Waals surface area contributed by atoms with Crippen molar-refractivity contribution < 1.29 is 18.0 Å². The van der Waals surface area contributed by atoms with E-state index in [9.17, 15) is 18.0 Å². The number of carbonyl (C=O) groups excluding carboxylic acids is 1. The van der Waals surface area contributed by atoms with Gasteiger partial charge in [0.25, 0.3) is 0 Å². The SMILES string of the molecule is O=C(CN1CCNCC1)NCCSC(F)(F)F. The number of piperazine rings is 1. The minimum atomic E-state index is -4.22. The lowest BCUT2D eigenvalue weighted by atomic mass is 10.3. The third kappa shape index (κ3) is 7.45. The molecule has 1 aliphatic heterocycles. The molecule has 4 nitrogen and oxygen atoms in total. The highest BCUT2D eigenvalue weighted by Gasteiger charge is 2.27. The lowest BCUT2D eigenvalue weighted by Gasteiger charge is -2.26. The first-order valence-electron chi connectivity index (χ1n) is 5.38. The van der Waals surface area contributed by atoms with Gasteiger partial charge in [-0.3, -0.25) is 9.69 Å². The molecule has 2 N–H and O–H groups in total. The molecule has 1 aliphatic rings. The Balaban J connectivity index is 2.04. The Labute approximate surface area is 102 Å². The summed E-state index contributed by atoms with van der Waals surface area (Å²) in [5.74, 6) is -0.355. The Hall–Kier alpha value is -0.470. The van der Waals surface area contributed by atoms with Gasteiger partial charge in [-0.05, 0) is 11.8 Å². The predicted octanol–water partition coefficient (Wildman–Crippen LogP) is 0.261. The normalized spacial score (nSPS) is 18.1. The summed E-state index contributed by atoms with van der Waals surface area (Å²) in [7, 11) is 0. The van der Waals surface area contributed by atoms with Crippen LogP contribution in [0.3, 0.4) is 0 Å². The summed E-state index contributed by atoms with van der Waals surface area (Å²) in [6.45, 7) is 3.59. The summed E-state index contributed by atoms with van der Waals surface area (Å²) in [6, 6.07) is 0. The zero-order chi connectivity index (χ0) is 12.7. The lowest BCUT2D eigenvalue weighted by molar-refractivity contribution is -0.122. The van der Waals surface area contributed by atoms with E-state index >= 15 is 0 Å². The zero-order valence-electron chi connectivity index (χ0n) is 9.35. The predicted molar refractivity (Wildman–Crippen MR) is 60.8 cm³/mol. The molecule has 0 unspecified atom stereocenters. The number of carbonyl (C=O) groups is 1. The van der Waals surface area contributed by atoms with Gasteiger partial charge in [-0.15, -0.1) is 0 Å². The van der Waals surface area contributed by atoms with Crippen LogP contribution in [0.4, 0.5) is 13.2 Å². The molecule has 0 aromatic heterocycles. The molecule has 1 saturated heterocycles. The third-order valence-electron chi connectivity index (χ3n) is 2.27. The van der Waals surface area contributed by atoms with E-state index in [1.54, 1.807) is 0 Å². The molecule has 0 atom stereocenters. The second-order valence-electron chi connectivity index (χ2n) is 3.67. The van der Waals surface area contributed by atoms with Crippen molar-refractivity contribution in [3.05, 3.63) is 0 Å². The van der Waals surface area contributed by atoms with E-state index in [1.807, 2.05) is 4.90 Å². The van der Waals surface area contributed by atoms with Gasteiger partial charge in [0.05, 0.1) is 6.54 Å². The summed E-state index contributed by atoms with van der Waals surface area (Å²) < 4.78 is 35.4. The zero-order valence-corrected chi connectivity index (χ0v) is 10.2. The maximum absolute atomic E-state index is 11.8. The molecule has 0 radical (unpaired) electrons. The molecule has 0 aromatic carbocycles. The van der Waals surface area contributed by atoms with Gasteiger partial charge >= 0.3 is 5.51 Å². The van der Waals surface area contributed by atoms with E-state index in [-0.39, 0.29) is 36.5 Å². The van der Waals surface area contributed by atoms with Crippen molar-refractivity contribution in [2.45, 2.75) is 5.51 Å². The minimum absolute atomic E-state index is 0.0507. The van der Waals surface area contributed by atoms with Crippen molar-refractivity contribution in [2.75, 3.05) is 45.0 Å². The van der Waals surface area contributed by atoms with Crippen molar-refractivity contribution in [2.24, 2.45) is 0 Å². The van der Waals surface area contributed by atoms with Crippen LogP contribution in [0, 0.1) is 0 Å². The number of nitrogens with zero attached hydrogens (tertiary/aromatic N) is 1. The minimum Gasteiger partial charge on any atom is -0.354 e. The van der Waals surface area contributed by atoms with Gasteiger partial charge in [0.15, 0.2) is 0 Å². The highest BCUT2D eigenvalue weighted by atomic mass is 32.2. The van der Waals surface area contributed by atoms with Crippen LogP contribution in [-0.2, 0) is 4.79 Å². The number of nitrogens with one attached hydrogen (secondary N) is 2. The Morgan fingerprint density at radius 2 is 2.00 bits per heavy atom. The smallest absolute Gasteiger partial charge is 0.354 e. The molecule has 1 heterocycles. The third-order valence-corrected chi connectivity index (χ3v) is 3.00. The molecule has 0 aliphatic carbocycles. The Bertz CT molecular complexity index is 244. The number of hydrogen-bond donors (Lipinski definition) is 2. The van der Waals surface area contributed by atoms with Crippen LogP contribution in [0.5, 0.6) is 0 Å². The van der Waals surface area contributed by atoms with Crippen LogP contribution in [-0.4, -0.2) is 61.3 Å². The fourth-order valence-corrected chi connectivity index (χ4v) is 1.92. The van der Waals surface area contributed by atoms with Crippen LogP contribution in [0.2, 0.25) is 0 Å². The fraction of sp³-hybridized carbons (Fsp3) is 0.889. The summed E-state index contributed by atoms with van der Waals surface area (Å²) in [5, 5.41) is 5.64. The molecule has 0 aromatic rings. The average Bonchev–Trinajstić information content (AvgIpc) is 2.25. The second kappa shape index (κ2) is 7.07. The summed E-state index contributed by atoms with van der Waals surface area (Å²) in [4.78, 5) is 13.3. The van der Waals surface area contributed by atoms with Crippen LogP contribution >= 0.6 is 11.8 Å². The van der Waals surface area contributed by atoms with Crippen molar-refractivity contribution in [1.82, 2.24) is 15.5 Å². The van der Waals surface area contributed by atoms with Gasteiger partial charge in [0.1, 0.15) is 0 Å². The molecular formula is C9H16F3N3OS. The first-order chi connectivity index (χ1) is 7.97. The molecule has 8 heteroatoms. The summed E-state index contributed by atoms with van der Waals surface area (Å²) in [5.41, 5.74) is -4.22. The van der Waals surface area contributed by atoms with Gasteiger partial charge in [-0.25, -0.2) is 0 Å². The van der Waals surface area contributed by atoms with Gasteiger partial charge < -0.3 is 10.6 Å². The number of amides is 1. The molecule has 1 fully saturated rings. The number of hydrogen-bond acceptors (Lipinski definition) is 4. The summed E-state index contributed by atoms with van der Waals surface area (Å²) in [6.07, 6.45) is 0. The van der Waals surface area contributed by atoms with E-state index in [4.69, 9.17) is 0 Å². The van der Waals surface area contributed by atoms with Crippen LogP contribution in [0.15, 0.2) is 0 Å². The Morgan fingerprint density at radius 3 is 2.59 bits per heavy atom. The second-order valence-corrected chi connectivity index (χ2v) is 4.83. The maximum Gasteiger partial charge on any atom is 0.441 e. The lowest BCUT2D eigenvalue weighted by Crippen LogP contribution is -2.47. The topological polar surface area (TPSA) is 44.4 Å². The number of alkyl halides is 3. The molecule has 1 amide bonds. The molecule has 0 saturated carbocycles. The standard InChI is InChI=1S/C9H16F3N3OS/c10-9(11,12)17-6-3-14-8(16)7-15-4-1-13-2-5-15/h13H,1-7H2,(H,14,16). The first-order valence-corrected chi connectivity index (χ1v) is 6.36. The van der Waals surface area contributed by atoms with Crippen molar-refractivity contribution in [1.29, 1.82) is 0 Å². The van der Waals surface area contributed by atoms with Gasteiger partial charge in [-0.1, -0.05) is 0 Å². The molecule has 0 spiro atoms.